The number of aromatic nitrogens is 10. The van der Waals surface area contributed by atoms with Crippen LogP contribution in [-0.4, -0.2) is 226 Å². The maximum atomic E-state index is 12.4. The molecule has 0 unspecified atom stereocenters. The van der Waals surface area contributed by atoms with Gasteiger partial charge in [0, 0.05) is 134 Å². The molecule has 4 saturated heterocycles. The van der Waals surface area contributed by atoms with E-state index in [1.165, 1.54) is 4.68 Å². The van der Waals surface area contributed by atoms with Crippen molar-refractivity contribution in [2.24, 2.45) is 35.2 Å². The molecule has 440 valence electrons. The Hall–Kier alpha value is -5.81. The van der Waals surface area contributed by atoms with E-state index in [2.05, 4.69) is 63.9 Å². The Balaban J connectivity index is 0.000000185. The number of carbonyl (C=O) groups is 5. The lowest BCUT2D eigenvalue weighted by Gasteiger charge is -2.26. The number of carbonyl (C=O) groups excluding carboxylic acids is 4. The average molecular weight is 1270 g/mol. The van der Waals surface area contributed by atoms with Gasteiger partial charge in [0.25, 0.3) is 23.6 Å². The van der Waals surface area contributed by atoms with E-state index in [-0.39, 0.29) is 35.9 Å². The molecule has 4 aliphatic heterocycles. The summed E-state index contributed by atoms with van der Waals surface area (Å²) in [6.07, 6.45) is 2.83. The Labute approximate surface area is 487 Å². The third-order valence-corrected chi connectivity index (χ3v) is 16.0. The highest BCUT2D eigenvalue weighted by Gasteiger charge is 2.29. The molecular weight excluding hydrogens is 1190 g/mol. The topological polar surface area (TPSA) is 265 Å². The summed E-state index contributed by atoms with van der Waals surface area (Å²) >= 11 is 12.3. The van der Waals surface area contributed by atoms with E-state index in [1.54, 1.807) is 58.4 Å². The van der Waals surface area contributed by atoms with Crippen molar-refractivity contribution < 1.29 is 53.1 Å². The van der Waals surface area contributed by atoms with E-state index in [1.807, 2.05) is 55.9 Å². The molecule has 4 amide bonds. The van der Waals surface area contributed by atoms with Crippen LogP contribution in [0.1, 0.15) is 97.6 Å². The van der Waals surface area contributed by atoms with E-state index in [0.717, 1.165) is 49.6 Å². The molecule has 28 heteroatoms. The summed E-state index contributed by atoms with van der Waals surface area (Å²) in [4.78, 5) is 66.8. The van der Waals surface area contributed by atoms with Crippen molar-refractivity contribution in [1.29, 1.82) is 0 Å². The van der Waals surface area contributed by atoms with Gasteiger partial charge in [0.05, 0.1) is 73.2 Å². The number of alkyl halides is 1. The van der Waals surface area contributed by atoms with Crippen LogP contribution in [0.4, 0.5) is 0 Å². The number of aromatic carboxylic acids is 1. The Morgan fingerprint density at radius 3 is 1.07 bits per heavy atom. The molecule has 9 rings (SSSR count). The molecule has 4 fully saturated rings. The minimum Gasteiger partial charge on any atom is -0.476 e. The van der Waals surface area contributed by atoms with Gasteiger partial charge in [-0.05, 0) is 79.3 Å². The first kappa shape index (κ1) is 65.0. The average Bonchev–Trinajstić information content (AvgIpc) is 4.21. The summed E-state index contributed by atoms with van der Waals surface area (Å²) in [5.74, 6) is -0.658. The standard InChI is InChI=1S/C12H18ClN3O2.C12H19N3O3.C12H17N3O2.C10H14BrN3O2.C6H7BrN2O2/c1-9-10(3-4-13)11(14-15(9)2)12(17)16-5-7-18-8-6-16;1-9-10(3-6-16)11(13-14(9)2)12(17)15-4-7-18-8-5-15;1-4-10-9(2)14(3)13-11(10)12(16)15-5-7-17-8-6-15;1-7-8(11)9(12-13(7)2)10(15)14-3-5-16-6-4-14;1-3-4(7)5(6(10)11)8-9(3)2/h3-8H2,1-2H3;16H,3-8H2,1-2H3;4H,1,5-8H2,2-3H3;3-6H2,1-2H3;1-2H3,(H,10,11). The minimum atomic E-state index is -1.01. The lowest BCUT2D eigenvalue weighted by atomic mass is 10.1. The lowest BCUT2D eigenvalue weighted by Crippen LogP contribution is -2.41. The predicted molar refractivity (Wildman–Crippen MR) is 304 cm³/mol. The molecular formula is C52H75Br2ClN14O11. The number of aliphatic hydroxyl groups excluding tert-OH is 1. The van der Waals surface area contributed by atoms with Crippen molar-refractivity contribution in [2.75, 3.05) is 118 Å². The first-order chi connectivity index (χ1) is 38.1. The molecule has 25 nitrogen and oxygen atoms in total. The number of nitrogens with zero attached hydrogens (tertiary/aromatic N) is 14. The van der Waals surface area contributed by atoms with Crippen molar-refractivity contribution in [3.8, 4) is 0 Å². The molecule has 2 N–H and O–H groups in total. The maximum Gasteiger partial charge on any atom is 0.357 e. The fourth-order valence-corrected chi connectivity index (χ4v) is 9.78. The van der Waals surface area contributed by atoms with E-state index >= 15 is 0 Å². The Bertz CT molecular complexity index is 2860. The monoisotopic (exact) mass is 1260 g/mol. The molecule has 0 aromatic carbocycles. The van der Waals surface area contributed by atoms with Crippen molar-refractivity contribution >= 4 is 79.1 Å². The fourth-order valence-electron chi connectivity index (χ4n) is 8.58. The van der Waals surface area contributed by atoms with Gasteiger partial charge in [-0.3, -0.25) is 42.6 Å². The van der Waals surface area contributed by atoms with Gasteiger partial charge in [-0.1, -0.05) is 12.7 Å². The number of aliphatic hydroxyl groups is 1. The largest absolute Gasteiger partial charge is 0.476 e. The van der Waals surface area contributed by atoms with Crippen molar-refractivity contribution in [1.82, 2.24) is 68.5 Å². The second kappa shape index (κ2) is 30.9. The Morgan fingerprint density at radius 1 is 0.487 bits per heavy atom. The van der Waals surface area contributed by atoms with Gasteiger partial charge in [0.2, 0.25) is 0 Å². The number of rotatable bonds is 10. The van der Waals surface area contributed by atoms with Crippen LogP contribution < -0.4 is 0 Å². The van der Waals surface area contributed by atoms with Crippen LogP contribution in [0, 0.1) is 34.6 Å². The molecule has 0 bridgehead atoms. The zero-order valence-electron chi connectivity index (χ0n) is 47.4. The summed E-state index contributed by atoms with van der Waals surface area (Å²) in [6.45, 7) is 23.1. The van der Waals surface area contributed by atoms with Crippen LogP contribution in [0.3, 0.4) is 0 Å². The third-order valence-electron chi connectivity index (χ3n) is 13.9. The van der Waals surface area contributed by atoms with E-state index < -0.39 is 5.97 Å². The molecule has 0 atom stereocenters. The van der Waals surface area contributed by atoms with Gasteiger partial charge in [-0.25, -0.2) is 4.79 Å². The van der Waals surface area contributed by atoms with Crippen LogP contribution in [0.5, 0.6) is 0 Å². The highest BCUT2D eigenvalue weighted by molar-refractivity contribution is 9.11. The smallest absolute Gasteiger partial charge is 0.357 e. The predicted octanol–water partition coefficient (Wildman–Crippen LogP) is 3.71. The van der Waals surface area contributed by atoms with Crippen molar-refractivity contribution in [3.63, 3.8) is 0 Å². The molecule has 5 aromatic heterocycles. The number of hydrogen-bond donors (Lipinski definition) is 2. The molecule has 0 saturated carbocycles. The van der Waals surface area contributed by atoms with Crippen molar-refractivity contribution in [3.05, 3.63) is 89.2 Å². The summed E-state index contributed by atoms with van der Waals surface area (Å²) in [5.41, 5.74) is 9.32. The molecule has 0 radical (unpaired) electrons. The second-order valence-electron chi connectivity index (χ2n) is 18.8. The Kier molecular flexibility index (Phi) is 25.1. The number of carboxylic acid groups (broad SMARTS) is 1. The number of carboxylic acids is 1. The number of ether oxygens (including phenoxy) is 4. The maximum absolute atomic E-state index is 12.4. The summed E-state index contributed by atoms with van der Waals surface area (Å²) < 4.78 is 30.6. The first-order valence-corrected chi connectivity index (χ1v) is 28.2. The van der Waals surface area contributed by atoms with Gasteiger partial charge in [-0.15, -0.1) is 11.6 Å². The van der Waals surface area contributed by atoms with Gasteiger partial charge in [0.1, 0.15) is 0 Å². The van der Waals surface area contributed by atoms with Crippen LogP contribution in [0.2, 0.25) is 0 Å². The lowest BCUT2D eigenvalue weighted by molar-refractivity contribution is 0.0296. The normalized spacial score (nSPS) is 15.3. The summed E-state index contributed by atoms with van der Waals surface area (Å²) in [5, 5.41) is 38.6. The summed E-state index contributed by atoms with van der Waals surface area (Å²) in [6, 6.07) is 0. The van der Waals surface area contributed by atoms with Crippen molar-refractivity contribution in [2.45, 2.75) is 47.5 Å². The van der Waals surface area contributed by atoms with Gasteiger partial charge >= 0.3 is 5.97 Å². The molecule has 4 aliphatic rings. The van der Waals surface area contributed by atoms with Crippen LogP contribution in [0.15, 0.2) is 15.5 Å². The van der Waals surface area contributed by atoms with Crippen LogP contribution >= 0.6 is 43.5 Å². The number of amides is 4. The van der Waals surface area contributed by atoms with E-state index in [4.69, 9.17) is 40.8 Å². The minimum absolute atomic E-state index is 0.0119. The van der Waals surface area contributed by atoms with Crippen LogP contribution in [-0.2, 0) is 67.0 Å². The number of aryl methyl sites for hydroxylation is 5. The highest BCUT2D eigenvalue weighted by atomic mass is 79.9. The molecule has 80 heavy (non-hydrogen) atoms. The third kappa shape index (κ3) is 16.2. The molecule has 0 spiro atoms. The fraction of sp³-hybridized carbons (Fsp3) is 0.577. The number of halogens is 3. The Morgan fingerprint density at radius 2 is 0.775 bits per heavy atom. The van der Waals surface area contributed by atoms with Gasteiger partial charge in [-0.2, -0.15) is 25.5 Å². The molecule has 0 aliphatic carbocycles. The molecule has 5 aromatic rings. The SMILES string of the molecule is C=Cc1c(C(=O)N2CCOCC2)nn(C)c1C.Cc1c(Br)c(C(=O)N2CCOCC2)nn1C.Cc1c(Br)c(C(=O)O)nn1C.Cc1c(CCCl)c(C(=O)N2CCOCC2)nn1C.Cc1c(CCO)c(C(=O)N2CCOCC2)nn1C. The zero-order valence-corrected chi connectivity index (χ0v) is 51.3. The number of morpholine rings is 4. The quantitative estimate of drug-likeness (QED) is 0.189. The number of hydrogen-bond acceptors (Lipinski definition) is 15. The highest BCUT2D eigenvalue weighted by Crippen LogP contribution is 2.23. The summed E-state index contributed by atoms with van der Waals surface area (Å²) in [7, 11) is 9.02. The zero-order chi connectivity index (χ0) is 59.0. The van der Waals surface area contributed by atoms with E-state index in [9.17, 15) is 24.0 Å². The second-order valence-corrected chi connectivity index (χ2v) is 20.8. The molecule has 9 heterocycles. The first-order valence-electron chi connectivity index (χ1n) is 26.1. The van der Waals surface area contributed by atoms with E-state index in [0.29, 0.717) is 151 Å². The van der Waals surface area contributed by atoms with Gasteiger partial charge in [0.15, 0.2) is 28.5 Å². The van der Waals surface area contributed by atoms with Gasteiger partial charge < -0.3 is 48.8 Å². The van der Waals surface area contributed by atoms with Crippen LogP contribution in [0.25, 0.3) is 6.08 Å².